The highest BCUT2D eigenvalue weighted by Gasteiger charge is 2.39. The highest BCUT2D eigenvalue weighted by Crippen LogP contribution is 2.32. The van der Waals surface area contributed by atoms with Crippen LogP contribution in [-0.2, 0) is 20.9 Å². The molecule has 0 aliphatic heterocycles. The number of nitrogens with zero attached hydrogens (tertiary/aromatic N) is 3. The number of carbonyl (C=O) groups excluding carboxylic acids is 2. The fourth-order valence-electron chi connectivity index (χ4n) is 3.83. The van der Waals surface area contributed by atoms with Gasteiger partial charge in [-0.25, -0.2) is 0 Å². The molecule has 0 unspecified atom stereocenters. The summed E-state index contributed by atoms with van der Waals surface area (Å²) in [6.45, 7) is 0.269. The molecule has 1 aliphatic carbocycles. The van der Waals surface area contributed by atoms with Crippen molar-refractivity contribution in [2.45, 2.75) is 44.2 Å². The zero-order chi connectivity index (χ0) is 22.1. The van der Waals surface area contributed by atoms with E-state index in [1.165, 1.54) is 7.11 Å². The lowest BCUT2D eigenvalue weighted by Crippen LogP contribution is -2.52. The van der Waals surface area contributed by atoms with Crippen LogP contribution < -0.4 is 9.47 Å². The second-order valence-electron chi connectivity index (χ2n) is 7.60. The summed E-state index contributed by atoms with van der Waals surface area (Å²) in [5.74, 6) is 0.609. The Bertz CT molecular complexity index is 761. The van der Waals surface area contributed by atoms with Crippen LogP contribution in [0.3, 0.4) is 0 Å². The quantitative estimate of drug-likeness (QED) is 0.570. The van der Waals surface area contributed by atoms with Crippen molar-refractivity contribution in [2.75, 3.05) is 41.5 Å². The molecule has 0 spiro atoms. The van der Waals surface area contributed by atoms with Gasteiger partial charge in [0.05, 0.1) is 40.5 Å². The normalized spacial score (nSPS) is 15.2. The first kappa shape index (κ1) is 23.5. The number of nitriles is 1. The van der Waals surface area contributed by atoms with Gasteiger partial charge in [-0.3, -0.25) is 14.5 Å². The maximum absolute atomic E-state index is 13.1. The molecule has 1 aromatic rings. The first-order valence-corrected chi connectivity index (χ1v) is 10.1. The minimum Gasteiger partial charge on any atom is -0.497 e. The minimum absolute atomic E-state index is 0.00540. The van der Waals surface area contributed by atoms with E-state index in [0.29, 0.717) is 30.9 Å². The van der Waals surface area contributed by atoms with Crippen molar-refractivity contribution in [1.29, 1.82) is 5.26 Å². The highest BCUT2D eigenvalue weighted by molar-refractivity contribution is 5.80. The third-order valence-electron chi connectivity index (χ3n) is 5.66. The van der Waals surface area contributed by atoms with Gasteiger partial charge >= 0.3 is 5.97 Å². The predicted molar refractivity (Wildman–Crippen MR) is 111 cm³/mol. The van der Waals surface area contributed by atoms with E-state index in [2.05, 4.69) is 6.07 Å². The Morgan fingerprint density at radius 1 is 1.03 bits per heavy atom. The summed E-state index contributed by atoms with van der Waals surface area (Å²) in [5.41, 5.74) is 0.0593. The number of carbonyl (C=O) groups is 2. The van der Waals surface area contributed by atoms with Crippen LogP contribution in [0, 0.1) is 11.3 Å². The molecule has 30 heavy (non-hydrogen) atoms. The maximum atomic E-state index is 13.1. The van der Waals surface area contributed by atoms with E-state index in [9.17, 15) is 14.9 Å². The van der Waals surface area contributed by atoms with Crippen LogP contribution in [0.2, 0.25) is 0 Å². The fourth-order valence-corrected chi connectivity index (χ4v) is 3.83. The summed E-state index contributed by atoms with van der Waals surface area (Å²) in [7, 11) is 6.13. The molecule has 0 radical (unpaired) electrons. The van der Waals surface area contributed by atoms with Gasteiger partial charge in [-0.05, 0) is 30.5 Å². The van der Waals surface area contributed by atoms with Crippen LogP contribution in [0.25, 0.3) is 0 Å². The maximum Gasteiger partial charge on any atom is 0.319 e. The number of ether oxygens (including phenoxy) is 3. The van der Waals surface area contributed by atoms with Gasteiger partial charge in [-0.2, -0.15) is 5.26 Å². The standard InChI is InChI=1S/C22H31N3O5/c1-24(22(16-23)8-6-5-7-9-22)20(26)14-25(15-21(27)30-4)13-17-10-18(28-2)12-19(11-17)29-3/h10-12H,5-9,13-15H2,1-4H3. The number of hydrogen-bond donors (Lipinski definition) is 0. The summed E-state index contributed by atoms with van der Waals surface area (Å²) in [6, 6.07) is 7.79. The Hall–Kier alpha value is -2.79. The van der Waals surface area contributed by atoms with E-state index < -0.39 is 11.5 Å². The van der Waals surface area contributed by atoms with Crippen LogP contribution in [0.5, 0.6) is 11.5 Å². The van der Waals surface area contributed by atoms with Crippen molar-refractivity contribution in [3.63, 3.8) is 0 Å². The van der Waals surface area contributed by atoms with E-state index >= 15 is 0 Å². The second-order valence-corrected chi connectivity index (χ2v) is 7.60. The molecule has 1 aromatic carbocycles. The van der Waals surface area contributed by atoms with Gasteiger partial charge in [0.15, 0.2) is 0 Å². The number of likely N-dealkylation sites (N-methyl/N-ethyl adjacent to an activating group) is 1. The second kappa shape index (κ2) is 10.8. The van der Waals surface area contributed by atoms with E-state index in [-0.39, 0.29) is 19.0 Å². The van der Waals surface area contributed by atoms with E-state index in [1.54, 1.807) is 37.1 Å². The predicted octanol–water partition coefficient (Wildman–Crippen LogP) is 2.36. The Kier molecular flexibility index (Phi) is 8.48. The van der Waals surface area contributed by atoms with Gasteiger partial charge < -0.3 is 19.1 Å². The Morgan fingerprint density at radius 2 is 1.63 bits per heavy atom. The van der Waals surface area contributed by atoms with Crippen molar-refractivity contribution in [2.24, 2.45) is 0 Å². The summed E-state index contributed by atoms with van der Waals surface area (Å²) in [5, 5.41) is 9.77. The molecule has 0 aromatic heterocycles. The molecule has 2 rings (SSSR count). The molecule has 0 N–H and O–H groups in total. The van der Waals surface area contributed by atoms with Crippen LogP contribution in [0.15, 0.2) is 18.2 Å². The van der Waals surface area contributed by atoms with Crippen LogP contribution in [0.4, 0.5) is 0 Å². The Labute approximate surface area is 178 Å². The van der Waals surface area contributed by atoms with Gasteiger partial charge in [-0.15, -0.1) is 0 Å². The molecule has 8 nitrogen and oxygen atoms in total. The third-order valence-corrected chi connectivity index (χ3v) is 5.66. The number of amides is 1. The van der Waals surface area contributed by atoms with Gasteiger partial charge in [0, 0.05) is 19.7 Å². The van der Waals surface area contributed by atoms with Gasteiger partial charge in [0.2, 0.25) is 5.91 Å². The summed E-state index contributed by atoms with van der Waals surface area (Å²) in [6.07, 6.45) is 4.30. The summed E-state index contributed by atoms with van der Waals surface area (Å²) >= 11 is 0. The third kappa shape index (κ3) is 5.86. The highest BCUT2D eigenvalue weighted by atomic mass is 16.5. The smallest absolute Gasteiger partial charge is 0.319 e. The zero-order valence-electron chi connectivity index (χ0n) is 18.3. The van der Waals surface area contributed by atoms with Gasteiger partial charge in [0.1, 0.15) is 17.0 Å². The number of rotatable bonds is 9. The van der Waals surface area contributed by atoms with Crippen LogP contribution in [0.1, 0.15) is 37.7 Å². The number of methoxy groups -OCH3 is 3. The van der Waals surface area contributed by atoms with Gasteiger partial charge in [-0.1, -0.05) is 19.3 Å². The molecule has 164 valence electrons. The zero-order valence-corrected chi connectivity index (χ0v) is 18.3. The average molecular weight is 418 g/mol. The fraction of sp³-hybridized carbons (Fsp3) is 0.591. The number of hydrogen-bond acceptors (Lipinski definition) is 7. The average Bonchev–Trinajstić information content (AvgIpc) is 2.78. The first-order chi connectivity index (χ1) is 14.4. The van der Waals surface area contributed by atoms with Crippen molar-refractivity contribution in [3.05, 3.63) is 23.8 Å². The van der Waals surface area contributed by atoms with Crippen molar-refractivity contribution < 1.29 is 23.8 Å². The van der Waals surface area contributed by atoms with Crippen LogP contribution >= 0.6 is 0 Å². The first-order valence-electron chi connectivity index (χ1n) is 10.1. The van der Waals surface area contributed by atoms with Crippen LogP contribution in [-0.4, -0.2) is 68.7 Å². The molecule has 0 saturated heterocycles. The molecule has 1 fully saturated rings. The molecule has 0 atom stereocenters. The largest absolute Gasteiger partial charge is 0.497 e. The lowest BCUT2D eigenvalue weighted by atomic mass is 9.81. The monoisotopic (exact) mass is 417 g/mol. The Balaban J connectivity index is 2.19. The number of benzene rings is 1. The van der Waals surface area contributed by atoms with E-state index in [1.807, 2.05) is 12.1 Å². The van der Waals surface area contributed by atoms with E-state index in [4.69, 9.17) is 14.2 Å². The van der Waals surface area contributed by atoms with Crippen molar-refractivity contribution >= 4 is 11.9 Å². The molecule has 1 amide bonds. The van der Waals surface area contributed by atoms with Crippen molar-refractivity contribution in [1.82, 2.24) is 9.80 Å². The molecule has 1 saturated carbocycles. The Morgan fingerprint density at radius 3 is 2.13 bits per heavy atom. The molecule has 8 heteroatoms. The lowest BCUT2D eigenvalue weighted by molar-refractivity contribution is -0.143. The molecule has 0 bridgehead atoms. The SMILES string of the molecule is COC(=O)CN(CC(=O)N(C)C1(C#N)CCCCC1)Cc1cc(OC)cc(OC)c1. The molecule has 0 heterocycles. The topological polar surface area (TPSA) is 92.1 Å². The van der Waals surface area contributed by atoms with E-state index in [0.717, 1.165) is 24.8 Å². The van der Waals surface area contributed by atoms with Gasteiger partial charge in [0.25, 0.3) is 0 Å². The van der Waals surface area contributed by atoms with Crippen molar-refractivity contribution in [3.8, 4) is 17.6 Å². The lowest BCUT2D eigenvalue weighted by Gasteiger charge is -2.39. The summed E-state index contributed by atoms with van der Waals surface area (Å²) in [4.78, 5) is 28.3. The minimum atomic E-state index is -0.772. The molecule has 1 aliphatic rings. The number of esters is 1. The molecular formula is C22H31N3O5. The molecular weight excluding hydrogens is 386 g/mol. The summed E-state index contributed by atoms with van der Waals surface area (Å²) < 4.78 is 15.4.